The summed E-state index contributed by atoms with van der Waals surface area (Å²) in [5, 5.41) is 3.30. The second-order valence-electron chi connectivity index (χ2n) is 7.44. The van der Waals surface area contributed by atoms with Crippen LogP contribution in [0.5, 0.6) is 11.5 Å². The third kappa shape index (κ3) is 7.22. The maximum Gasteiger partial charge on any atom is 0.262 e. The van der Waals surface area contributed by atoms with Gasteiger partial charge in [-0.2, -0.15) is 0 Å². The van der Waals surface area contributed by atoms with E-state index in [1.807, 2.05) is 66.7 Å². The van der Waals surface area contributed by atoms with E-state index in [9.17, 15) is 4.79 Å². The number of hydrogen-bond acceptors (Lipinski definition) is 4. The van der Waals surface area contributed by atoms with Gasteiger partial charge in [-0.15, -0.1) is 0 Å². The predicted molar refractivity (Wildman–Crippen MR) is 136 cm³/mol. The molecular weight excluding hydrogens is 448 g/mol. The first-order valence-corrected chi connectivity index (χ1v) is 11.1. The first-order chi connectivity index (χ1) is 16.6. The van der Waals surface area contributed by atoms with E-state index in [0.29, 0.717) is 23.1 Å². The molecule has 0 aromatic heterocycles. The number of carbonyl (C=O) groups is 1. The minimum atomic E-state index is -0.260. The molecular formula is C28H23ClN2O3. The lowest BCUT2D eigenvalue weighted by atomic mass is 10.2. The zero-order valence-electron chi connectivity index (χ0n) is 18.4. The van der Waals surface area contributed by atoms with Crippen LogP contribution in [0.1, 0.15) is 11.1 Å². The van der Waals surface area contributed by atoms with Crippen LogP contribution >= 0.6 is 11.6 Å². The van der Waals surface area contributed by atoms with E-state index in [1.165, 1.54) is 0 Å². The normalized spacial score (nSPS) is 10.7. The second kappa shape index (κ2) is 11.7. The van der Waals surface area contributed by atoms with Gasteiger partial charge in [-0.05, 0) is 77.9 Å². The number of aliphatic imine (C=N–C) groups is 1. The minimum Gasteiger partial charge on any atom is -0.489 e. The van der Waals surface area contributed by atoms with Gasteiger partial charge in [0.2, 0.25) is 0 Å². The van der Waals surface area contributed by atoms with Crippen LogP contribution in [-0.2, 0) is 11.4 Å². The van der Waals surface area contributed by atoms with E-state index in [1.54, 1.807) is 42.6 Å². The molecule has 4 aromatic rings. The maximum atomic E-state index is 12.1. The van der Waals surface area contributed by atoms with Gasteiger partial charge in [-0.25, -0.2) is 0 Å². The fourth-order valence-corrected chi connectivity index (χ4v) is 3.27. The van der Waals surface area contributed by atoms with Gasteiger partial charge in [0.15, 0.2) is 6.61 Å². The van der Waals surface area contributed by atoms with E-state index in [0.717, 1.165) is 22.6 Å². The van der Waals surface area contributed by atoms with Crippen molar-refractivity contribution in [3.63, 3.8) is 0 Å². The Morgan fingerprint density at radius 2 is 1.53 bits per heavy atom. The van der Waals surface area contributed by atoms with Crippen LogP contribution in [0, 0.1) is 0 Å². The molecule has 0 aliphatic carbocycles. The Labute approximate surface area is 203 Å². The van der Waals surface area contributed by atoms with Crippen molar-refractivity contribution < 1.29 is 14.3 Å². The molecule has 0 fully saturated rings. The number of benzene rings is 4. The molecule has 0 bridgehead atoms. The standard InChI is InChI=1S/C28H23ClN2O3/c29-23-7-4-8-25(17-23)31-28(32)20-34-26-13-9-21(10-14-26)18-30-24-11-15-27(16-12-24)33-19-22-5-2-1-3-6-22/h1-18H,19-20H2,(H,31,32). The lowest BCUT2D eigenvalue weighted by molar-refractivity contribution is -0.118. The summed E-state index contributed by atoms with van der Waals surface area (Å²) in [4.78, 5) is 16.5. The largest absolute Gasteiger partial charge is 0.489 e. The average molecular weight is 471 g/mol. The SMILES string of the molecule is O=C(COc1ccc(C=Nc2ccc(OCc3ccccc3)cc2)cc1)Nc1cccc(Cl)c1. The number of nitrogens with one attached hydrogen (secondary N) is 1. The van der Waals surface area contributed by atoms with Crippen molar-refractivity contribution in [1.29, 1.82) is 0 Å². The molecule has 6 heteroatoms. The number of halogens is 1. The highest BCUT2D eigenvalue weighted by atomic mass is 35.5. The number of carbonyl (C=O) groups excluding carboxylic acids is 1. The molecule has 0 radical (unpaired) electrons. The monoisotopic (exact) mass is 470 g/mol. The Morgan fingerprint density at radius 3 is 2.26 bits per heavy atom. The smallest absolute Gasteiger partial charge is 0.262 e. The van der Waals surface area contributed by atoms with Crippen molar-refractivity contribution in [3.8, 4) is 11.5 Å². The van der Waals surface area contributed by atoms with Crippen LogP contribution < -0.4 is 14.8 Å². The molecule has 34 heavy (non-hydrogen) atoms. The maximum absolute atomic E-state index is 12.1. The number of rotatable bonds is 9. The molecule has 0 saturated heterocycles. The summed E-state index contributed by atoms with van der Waals surface area (Å²) in [6.07, 6.45) is 1.77. The first-order valence-electron chi connectivity index (χ1n) is 10.7. The van der Waals surface area contributed by atoms with Crippen LogP contribution in [0.4, 0.5) is 11.4 Å². The predicted octanol–water partition coefficient (Wildman–Crippen LogP) is 6.69. The number of anilines is 1. The molecule has 1 N–H and O–H groups in total. The third-order valence-electron chi connectivity index (χ3n) is 4.81. The van der Waals surface area contributed by atoms with Crippen molar-refractivity contribution in [2.24, 2.45) is 4.99 Å². The molecule has 0 heterocycles. The Morgan fingerprint density at radius 1 is 0.824 bits per heavy atom. The number of nitrogens with zero attached hydrogens (tertiary/aromatic N) is 1. The molecule has 4 rings (SSSR count). The Kier molecular flexibility index (Phi) is 7.93. The van der Waals surface area contributed by atoms with Gasteiger partial charge in [0.05, 0.1) is 5.69 Å². The summed E-state index contributed by atoms with van der Waals surface area (Å²) in [5.74, 6) is 1.13. The van der Waals surface area contributed by atoms with Gasteiger partial charge in [0.25, 0.3) is 5.91 Å². The van der Waals surface area contributed by atoms with Crippen molar-refractivity contribution in [2.75, 3.05) is 11.9 Å². The number of amides is 1. The first kappa shape index (κ1) is 23.1. The fraction of sp³-hybridized carbons (Fsp3) is 0.0714. The quantitative estimate of drug-likeness (QED) is 0.277. The zero-order chi connectivity index (χ0) is 23.6. The summed E-state index contributed by atoms with van der Waals surface area (Å²) in [7, 11) is 0. The van der Waals surface area contributed by atoms with E-state index >= 15 is 0 Å². The third-order valence-corrected chi connectivity index (χ3v) is 5.04. The number of hydrogen-bond donors (Lipinski definition) is 1. The topological polar surface area (TPSA) is 59.9 Å². The highest BCUT2D eigenvalue weighted by molar-refractivity contribution is 6.30. The molecule has 4 aromatic carbocycles. The molecule has 170 valence electrons. The van der Waals surface area contributed by atoms with Gasteiger partial charge >= 0.3 is 0 Å². The summed E-state index contributed by atoms with van der Waals surface area (Å²) >= 11 is 5.92. The fourth-order valence-electron chi connectivity index (χ4n) is 3.08. The lowest BCUT2D eigenvalue weighted by Crippen LogP contribution is -2.20. The van der Waals surface area contributed by atoms with E-state index in [-0.39, 0.29) is 12.5 Å². The van der Waals surface area contributed by atoms with Crippen LogP contribution in [0.2, 0.25) is 5.02 Å². The van der Waals surface area contributed by atoms with Gasteiger partial charge < -0.3 is 14.8 Å². The molecule has 0 spiro atoms. The van der Waals surface area contributed by atoms with Crippen molar-refractivity contribution in [2.45, 2.75) is 6.61 Å². The van der Waals surface area contributed by atoms with E-state index in [2.05, 4.69) is 10.3 Å². The van der Waals surface area contributed by atoms with Gasteiger partial charge in [-0.1, -0.05) is 48.0 Å². The molecule has 0 aliphatic heterocycles. The minimum absolute atomic E-state index is 0.0986. The van der Waals surface area contributed by atoms with Crippen LogP contribution in [0.25, 0.3) is 0 Å². The molecule has 0 unspecified atom stereocenters. The lowest BCUT2D eigenvalue weighted by Gasteiger charge is -2.08. The Hall–Kier alpha value is -4.09. The van der Waals surface area contributed by atoms with Gasteiger partial charge in [-0.3, -0.25) is 9.79 Å². The van der Waals surface area contributed by atoms with Crippen LogP contribution in [0.15, 0.2) is 108 Å². The molecule has 5 nitrogen and oxygen atoms in total. The second-order valence-corrected chi connectivity index (χ2v) is 7.88. The zero-order valence-corrected chi connectivity index (χ0v) is 19.1. The highest BCUT2D eigenvalue weighted by Gasteiger charge is 2.04. The van der Waals surface area contributed by atoms with Gasteiger partial charge in [0, 0.05) is 16.9 Å². The Bertz CT molecular complexity index is 1240. The molecule has 0 atom stereocenters. The van der Waals surface area contributed by atoms with Crippen molar-refractivity contribution >= 4 is 35.1 Å². The summed E-state index contributed by atoms with van der Waals surface area (Å²) in [6.45, 7) is 0.429. The molecule has 0 saturated carbocycles. The molecule has 1 amide bonds. The summed E-state index contributed by atoms with van der Waals surface area (Å²) < 4.78 is 11.4. The number of ether oxygens (including phenoxy) is 2. The van der Waals surface area contributed by atoms with Crippen LogP contribution in [0.3, 0.4) is 0 Å². The van der Waals surface area contributed by atoms with E-state index in [4.69, 9.17) is 21.1 Å². The van der Waals surface area contributed by atoms with Crippen molar-refractivity contribution in [1.82, 2.24) is 0 Å². The summed E-state index contributed by atoms with van der Waals surface area (Å²) in [6, 6.07) is 32.0. The summed E-state index contributed by atoms with van der Waals surface area (Å²) in [5.41, 5.74) is 3.49. The Balaban J connectivity index is 1.24. The highest BCUT2D eigenvalue weighted by Crippen LogP contribution is 2.20. The van der Waals surface area contributed by atoms with Gasteiger partial charge in [0.1, 0.15) is 18.1 Å². The van der Waals surface area contributed by atoms with Crippen LogP contribution in [-0.4, -0.2) is 18.7 Å². The van der Waals surface area contributed by atoms with E-state index < -0.39 is 0 Å². The molecule has 0 aliphatic rings. The van der Waals surface area contributed by atoms with Crippen molar-refractivity contribution in [3.05, 3.63) is 119 Å². The average Bonchev–Trinajstić information content (AvgIpc) is 2.87.